The molecular weight excluding hydrogens is 236 g/mol. The Bertz CT molecular complexity index is 253. The average Bonchev–Trinajstić information content (AvgIpc) is 2.32. The average molecular weight is 270 g/mol. The summed E-state index contributed by atoms with van der Waals surface area (Å²) in [5, 5.41) is 13.0. The van der Waals surface area contributed by atoms with Gasteiger partial charge in [0.25, 0.3) is 0 Å². The molecule has 114 valence electrons. The zero-order chi connectivity index (χ0) is 14.5. The second-order valence-electron chi connectivity index (χ2n) is 6.99. The summed E-state index contributed by atoms with van der Waals surface area (Å²) in [5.74, 6) is 0.706. The van der Waals surface area contributed by atoms with Crippen LogP contribution in [-0.4, -0.2) is 48.3 Å². The summed E-state index contributed by atoms with van der Waals surface area (Å²) in [5.41, 5.74) is 0.390. The Labute approximate surface area is 119 Å². The van der Waals surface area contributed by atoms with Gasteiger partial charge in [-0.05, 0) is 44.6 Å². The summed E-state index contributed by atoms with van der Waals surface area (Å²) in [6.07, 6.45) is 3.98. The van der Waals surface area contributed by atoms with Crippen molar-refractivity contribution in [1.82, 2.24) is 10.2 Å². The zero-order valence-corrected chi connectivity index (χ0v) is 13.6. The van der Waals surface area contributed by atoms with Crippen molar-refractivity contribution in [2.45, 2.75) is 66.0 Å². The number of hydrogen-bond donors (Lipinski definition) is 2. The second-order valence-corrected chi connectivity index (χ2v) is 6.99. The molecule has 0 bridgehead atoms. The predicted octanol–water partition coefficient (Wildman–Crippen LogP) is 2.49. The minimum atomic E-state index is 0.264. The maximum absolute atomic E-state index is 9.23. The third-order valence-corrected chi connectivity index (χ3v) is 4.72. The van der Waals surface area contributed by atoms with Gasteiger partial charge in [0.1, 0.15) is 0 Å². The Hall–Kier alpha value is -0.120. The predicted molar refractivity (Wildman–Crippen MR) is 82.4 cm³/mol. The molecule has 19 heavy (non-hydrogen) atoms. The topological polar surface area (TPSA) is 35.5 Å². The van der Waals surface area contributed by atoms with E-state index in [2.05, 4.69) is 44.8 Å². The molecule has 0 heterocycles. The molecule has 1 fully saturated rings. The molecular formula is C16H34N2O. The molecule has 0 aromatic carbocycles. The highest BCUT2D eigenvalue weighted by Crippen LogP contribution is 2.39. The number of aliphatic hydroxyl groups excluding tert-OH is 1. The molecule has 1 aliphatic rings. The number of aliphatic hydroxyl groups is 1. The summed E-state index contributed by atoms with van der Waals surface area (Å²) >= 11 is 0. The van der Waals surface area contributed by atoms with Crippen LogP contribution < -0.4 is 5.32 Å². The Morgan fingerprint density at radius 1 is 1.37 bits per heavy atom. The number of rotatable bonds is 7. The molecule has 1 aliphatic carbocycles. The standard InChI is InChI=1S/C16H34N2O/c1-6-17-15-14(8-7-9-16(15,4)5)12-18(10-11-19)13(2)3/h13-15,17,19H,6-12H2,1-5H3. The molecule has 1 rings (SSSR count). The molecule has 0 saturated heterocycles. The molecule has 1 saturated carbocycles. The van der Waals surface area contributed by atoms with E-state index in [0.717, 1.165) is 19.6 Å². The fourth-order valence-electron chi connectivity index (χ4n) is 3.63. The normalized spacial score (nSPS) is 27.2. The van der Waals surface area contributed by atoms with E-state index in [1.165, 1.54) is 19.3 Å². The van der Waals surface area contributed by atoms with E-state index in [0.29, 0.717) is 23.4 Å². The molecule has 0 aromatic heterocycles. The monoisotopic (exact) mass is 270 g/mol. The minimum absolute atomic E-state index is 0.264. The Morgan fingerprint density at radius 2 is 2.05 bits per heavy atom. The lowest BCUT2D eigenvalue weighted by molar-refractivity contribution is 0.0630. The molecule has 3 heteroatoms. The summed E-state index contributed by atoms with van der Waals surface area (Å²) in [6, 6.07) is 1.12. The van der Waals surface area contributed by atoms with Crippen molar-refractivity contribution in [1.29, 1.82) is 0 Å². The lowest BCUT2D eigenvalue weighted by Crippen LogP contribution is -2.53. The zero-order valence-electron chi connectivity index (χ0n) is 13.6. The maximum atomic E-state index is 9.23. The van der Waals surface area contributed by atoms with E-state index in [-0.39, 0.29) is 6.61 Å². The van der Waals surface area contributed by atoms with Crippen LogP contribution in [0.3, 0.4) is 0 Å². The van der Waals surface area contributed by atoms with E-state index in [1.807, 2.05) is 0 Å². The van der Waals surface area contributed by atoms with Crippen LogP contribution in [0.15, 0.2) is 0 Å². The van der Waals surface area contributed by atoms with Crippen molar-refractivity contribution in [2.75, 3.05) is 26.2 Å². The Kier molecular flexibility index (Phi) is 6.78. The SMILES string of the molecule is CCNC1C(CN(CCO)C(C)C)CCCC1(C)C. The highest BCUT2D eigenvalue weighted by atomic mass is 16.3. The molecule has 0 amide bonds. The van der Waals surface area contributed by atoms with Crippen LogP contribution in [0.1, 0.15) is 53.9 Å². The minimum Gasteiger partial charge on any atom is -0.395 e. The van der Waals surface area contributed by atoms with Gasteiger partial charge in [-0.1, -0.05) is 27.2 Å². The molecule has 0 radical (unpaired) electrons. The lowest BCUT2D eigenvalue weighted by atomic mass is 9.67. The van der Waals surface area contributed by atoms with E-state index in [1.54, 1.807) is 0 Å². The van der Waals surface area contributed by atoms with Gasteiger partial charge in [-0.15, -0.1) is 0 Å². The molecule has 3 nitrogen and oxygen atoms in total. The molecule has 0 aromatic rings. The van der Waals surface area contributed by atoms with Gasteiger partial charge >= 0.3 is 0 Å². The van der Waals surface area contributed by atoms with Crippen LogP contribution in [0.25, 0.3) is 0 Å². The first-order valence-electron chi connectivity index (χ1n) is 8.00. The number of hydrogen-bond acceptors (Lipinski definition) is 3. The van der Waals surface area contributed by atoms with Crippen molar-refractivity contribution >= 4 is 0 Å². The van der Waals surface area contributed by atoms with E-state index in [9.17, 15) is 5.11 Å². The first-order valence-corrected chi connectivity index (χ1v) is 8.00. The largest absolute Gasteiger partial charge is 0.395 e. The van der Waals surface area contributed by atoms with Crippen LogP contribution in [0.2, 0.25) is 0 Å². The Morgan fingerprint density at radius 3 is 2.58 bits per heavy atom. The van der Waals surface area contributed by atoms with Gasteiger partial charge in [0.2, 0.25) is 0 Å². The van der Waals surface area contributed by atoms with Gasteiger partial charge in [0.15, 0.2) is 0 Å². The van der Waals surface area contributed by atoms with Gasteiger partial charge in [-0.3, -0.25) is 4.90 Å². The molecule has 2 atom stereocenters. The fourth-order valence-corrected chi connectivity index (χ4v) is 3.63. The quantitative estimate of drug-likeness (QED) is 0.746. The van der Waals surface area contributed by atoms with E-state index < -0.39 is 0 Å². The van der Waals surface area contributed by atoms with E-state index >= 15 is 0 Å². The van der Waals surface area contributed by atoms with Gasteiger partial charge in [0, 0.05) is 25.2 Å². The maximum Gasteiger partial charge on any atom is 0.0558 e. The van der Waals surface area contributed by atoms with Crippen LogP contribution in [0, 0.1) is 11.3 Å². The number of nitrogens with one attached hydrogen (secondary N) is 1. The summed E-state index contributed by atoms with van der Waals surface area (Å²) in [7, 11) is 0. The van der Waals surface area contributed by atoms with Gasteiger partial charge in [-0.2, -0.15) is 0 Å². The van der Waals surface area contributed by atoms with Gasteiger partial charge in [-0.25, -0.2) is 0 Å². The smallest absolute Gasteiger partial charge is 0.0558 e. The van der Waals surface area contributed by atoms with Gasteiger partial charge in [0.05, 0.1) is 6.61 Å². The number of nitrogens with zero attached hydrogens (tertiary/aromatic N) is 1. The molecule has 0 spiro atoms. The van der Waals surface area contributed by atoms with E-state index in [4.69, 9.17) is 0 Å². The van der Waals surface area contributed by atoms with Crippen LogP contribution in [0.5, 0.6) is 0 Å². The first kappa shape index (κ1) is 16.9. The highest BCUT2D eigenvalue weighted by molar-refractivity contribution is 4.94. The van der Waals surface area contributed by atoms with Crippen molar-refractivity contribution < 1.29 is 5.11 Å². The van der Waals surface area contributed by atoms with Crippen molar-refractivity contribution in [3.63, 3.8) is 0 Å². The molecule has 2 unspecified atom stereocenters. The first-order chi connectivity index (χ1) is 8.92. The third-order valence-electron chi connectivity index (χ3n) is 4.72. The van der Waals surface area contributed by atoms with Crippen LogP contribution >= 0.6 is 0 Å². The summed E-state index contributed by atoms with van der Waals surface area (Å²) in [4.78, 5) is 2.43. The lowest BCUT2D eigenvalue weighted by Gasteiger charge is -2.46. The Balaban J connectivity index is 2.71. The van der Waals surface area contributed by atoms with Gasteiger partial charge < -0.3 is 10.4 Å². The van der Waals surface area contributed by atoms with Crippen molar-refractivity contribution in [2.24, 2.45) is 11.3 Å². The summed E-state index contributed by atoms with van der Waals surface area (Å²) < 4.78 is 0. The fraction of sp³-hybridized carbons (Fsp3) is 1.00. The van der Waals surface area contributed by atoms with Crippen molar-refractivity contribution in [3.05, 3.63) is 0 Å². The van der Waals surface area contributed by atoms with Crippen LogP contribution in [-0.2, 0) is 0 Å². The van der Waals surface area contributed by atoms with Crippen LogP contribution in [0.4, 0.5) is 0 Å². The highest BCUT2D eigenvalue weighted by Gasteiger charge is 2.38. The third kappa shape index (κ3) is 4.73. The molecule has 2 N–H and O–H groups in total. The second kappa shape index (κ2) is 7.61. The van der Waals surface area contributed by atoms with Crippen molar-refractivity contribution in [3.8, 4) is 0 Å². The summed E-state index contributed by atoms with van der Waals surface area (Å²) in [6.45, 7) is 14.7. The molecule has 0 aliphatic heterocycles.